The first-order valence-corrected chi connectivity index (χ1v) is 16.9. The number of hydroxylamine groups is 1. The highest BCUT2D eigenvalue weighted by molar-refractivity contribution is 7.89. The van der Waals surface area contributed by atoms with Crippen molar-refractivity contribution in [1.29, 1.82) is 0 Å². The van der Waals surface area contributed by atoms with Crippen LogP contribution in [0.15, 0.2) is 78.0 Å². The lowest BCUT2D eigenvalue weighted by molar-refractivity contribution is -0.130. The molecule has 1 fully saturated rings. The second kappa shape index (κ2) is 14.3. The van der Waals surface area contributed by atoms with Crippen LogP contribution in [0.1, 0.15) is 41.0 Å². The van der Waals surface area contributed by atoms with Gasteiger partial charge in [0.05, 0.1) is 29.0 Å². The van der Waals surface area contributed by atoms with Crippen LogP contribution >= 0.6 is 0 Å². The summed E-state index contributed by atoms with van der Waals surface area (Å²) in [5.74, 6) is -4.74. The predicted octanol–water partition coefficient (Wildman–Crippen LogP) is 4.36. The summed E-state index contributed by atoms with van der Waals surface area (Å²) in [6.07, 6.45) is 2.28. The number of halogens is 4. The number of carbonyl (C=O) groups excluding carboxylic acids is 2. The number of hydrogen-bond acceptors (Lipinski definition) is 8. The number of anilines is 1. The van der Waals surface area contributed by atoms with E-state index in [4.69, 9.17) is 4.84 Å². The minimum Gasteiger partial charge on any atom is -0.408 e. The Morgan fingerprint density at radius 2 is 1.71 bits per heavy atom. The Balaban J connectivity index is 1.17. The zero-order valence-corrected chi connectivity index (χ0v) is 26.7. The lowest BCUT2D eigenvalue weighted by Crippen LogP contribution is -2.56. The molecule has 6 rings (SSSR count). The van der Waals surface area contributed by atoms with Crippen LogP contribution in [0.3, 0.4) is 0 Å². The van der Waals surface area contributed by atoms with Gasteiger partial charge in [-0.05, 0) is 78.4 Å². The van der Waals surface area contributed by atoms with E-state index in [1.807, 2.05) is 0 Å². The number of fused-ring (bicyclic) bond motifs is 1. The molecule has 0 saturated carbocycles. The molecular formula is C34H31F4N5O5S. The van der Waals surface area contributed by atoms with Crippen molar-refractivity contribution in [2.75, 3.05) is 25.0 Å². The molecule has 3 heterocycles. The molecule has 15 heteroatoms. The summed E-state index contributed by atoms with van der Waals surface area (Å²) in [6.45, 7) is 0.574. The Morgan fingerprint density at radius 3 is 2.47 bits per heavy atom. The lowest BCUT2D eigenvalue weighted by Gasteiger charge is -2.32. The van der Waals surface area contributed by atoms with E-state index in [1.54, 1.807) is 0 Å². The molecule has 1 aromatic heterocycles. The number of aromatic nitrogens is 1. The molecule has 256 valence electrons. The van der Waals surface area contributed by atoms with Crippen molar-refractivity contribution in [2.45, 2.75) is 42.5 Å². The molecule has 1 saturated heterocycles. The Hall–Kier alpha value is -4.86. The summed E-state index contributed by atoms with van der Waals surface area (Å²) in [7, 11) is -4.20. The van der Waals surface area contributed by atoms with Gasteiger partial charge < -0.3 is 15.5 Å². The minimum absolute atomic E-state index is 0.00628. The Bertz CT molecular complexity index is 1980. The fourth-order valence-corrected chi connectivity index (χ4v) is 7.51. The molecule has 3 aromatic carbocycles. The van der Waals surface area contributed by atoms with E-state index in [1.165, 1.54) is 36.5 Å². The van der Waals surface area contributed by atoms with Crippen molar-refractivity contribution in [1.82, 2.24) is 20.1 Å². The Labute approximate surface area is 279 Å². The van der Waals surface area contributed by atoms with Crippen molar-refractivity contribution in [3.8, 4) is 5.75 Å². The highest BCUT2D eigenvalue weighted by atomic mass is 32.2. The number of nitrogens with zero attached hydrogens (tertiary/aromatic N) is 2. The topological polar surface area (TPSA) is 130 Å². The number of rotatable bonds is 10. The highest BCUT2D eigenvalue weighted by Crippen LogP contribution is 2.31. The Kier molecular flexibility index (Phi) is 9.94. The molecule has 0 radical (unpaired) electrons. The van der Waals surface area contributed by atoms with E-state index >= 15 is 4.39 Å². The van der Waals surface area contributed by atoms with Gasteiger partial charge in [0.2, 0.25) is 5.91 Å². The fourth-order valence-electron chi connectivity index (χ4n) is 6.03. The molecule has 3 N–H and O–H groups in total. The van der Waals surface area contributed by atoms with Crippen LogP contribution in [0.5, 0.6) is 5.75 Å². The summed E-state index contributed by atoms with van der Waals surface area (Å²) in [5.41, 5.74) is 4.01. The van der Waals surface area contributed by atoms with Gasteiger partial charge in [-0.1, -0.05) is 12.1 Å². The molecular weight excluding hydrogens is 666 g/mol. The van der Waals surface area contributed by atoms with Crippen LogP contribution in [-0.4, -0.2) is 55.2 Å². The van der Waals surface area contributed by atoms with E-state index in [-0.39, 0.29) is 54.1 Å². The molecule has 10 nitrogen and oxygen atoms in total. The molecule has 0 aliphatic carbocycles. The molecule has 49 heavy (non-hydrogen) atoms. The van der Waals surface area contributed by atoms with E-state index < -0.39 is 57.1 Å². The zero-order chi connectivity index (χ0) is 34.7. The van der Waals surface area contributed by atoms with Gasteiger partial charge in [-0.2, -0.15) is 5.48 Å². The first kappa shape index (κ1) is 34.0. The normalized spacial score (nSPS) is 16.9. The van der Waals surface area contributed by atoms with Crippen molar-refractivity contribution < 1.29 is 40.4 Å². The standard InChI is InChI=1S/C34H31F4N5O5S/c35-23-3-1-20(2-4-23)28(22-13-24(36)16-25(37)14-22)17-33(44)42-31-19-39-18-29(38)27(31)6-7-30-34(45)43(12-11-40-30)49(46,47)26-5-8-32-21(15-26)9-10-41-48-32/h1-5,8,13-16,18-19,28,30,40-41H,6-7,9-12,17H2,(H,42,44)/t28-,30-/m0/s1. The first-order valence-electron chi connectivity index (χ1n) is 15.5. The molecule has 0 unspecified atom stereocenters. The third-order valence-corrected chi connectivity index (χ3v) is 10.3. The van der Waals surface area contributed by atoms with E-state index in [9.17, 15) is 31.2 Å². The van der Waals surface area contributed by atoms with E-state index in [0.29, 0.717) is 35.9 Å². The largest absolute Gasteiger partial charge is 0.408 e. The minimum atomic E-state index is -4.20. The maximum Gasteiger partial charge on any atom is 0.266 e. The highest BCUT2D eigenvalue weighted by Gasteiger charge is 2.37. The molecule has 0 bridgehead atoms. The lowest BCUT2D eigenvalue weighted by atomic mass is 9.88. The number of pyridine rings is 1. The van der Waals surface area contributed by atoms with Gasteiger partial charge in [-0.15, -0.1) is 0 Å². The van der Waals surface area contributed by atoms with Crippen molar-refractivity contribution in [3.05, 3.63) is 119 Å². The molecule has 2 aliphatic heterocycles. The summed E-state index contributed by atoms with van der Waals surface area (Å²) in [6, 6.07) is 11.4. The molecule has 2 amide bonds. The smallest absolute Gasteiger partial charge is 0.266 e. The van der Waals surface area contributed by atoms with Crippen LogP contribution in [0, 0.1) is 23.3 Å². The SMILES string of the molecule is O=C(C[C@@H](c1ccc(F)cc1)c1cc(F)cc(F)c1)Nc1cncc(F)c1CC[C@@H]1NCCN(S(=O)(=O)c2ccc3c(c2)CCNO3)C1=O. The van der Waals surface area contributed by atoms with Gasteiger partial charge >= 0.3 is 0 Å². The molecule has 2 aliphatic rings. The number of amides is 2. The summed E-state index contributed by atoms with van der Waals surface area (Å²) < 4.78 is 84.9. The number of nitrogens with one attached hydrogen (secondary N) is 3. The zero-order valence-electron chi connectivity index (χ0n) is 25.9. The van der Waals surface area contributed by atoms with Crippen molar-refractivity contribution >= 4 is 27.5 Å². The average Bonchev–Trinajstić information content (AvgIpc) is 3.07. The van der Waals surface area contributed by atoms with Gasteiger partial charge in [0.15, 0.2) is 0 Å². The quantitative estimate of drug-likeness (QED) is 0.209. The van der Waals surface area contributed by atoms with Gasteiger partial charge in [0.25, 0.3) is 15.9 Å². The van der Waals surface area contributed by atoms with Crippen molar-refractivity contribution in [3.63, 3.8) is 0 Å². The van der Waals surface area contributed by atoms with E-state index in [0.717, 1.165) is 34.8 Å². The van der Waals surface area contributed by atoms with Crippen LogP contribution in [0.25, 0.3) is 0 Å². The van der Waals surface area contributed by atoms with Crippen molar-refractivity contribution in [2.24, 2.45) is 0 Å². The summed E-state index contributed by atoms with van der Waals surface area (Å²) in [5, 5.41) is 5.61. The maximum absolute atomic E-state index is 15.1. The number of hydrogen-bond donors (Lipinski definition) is 3. The van der Waals surface area contributed by atoms with Crippen LogP contribution in [0.2, 0.25) is 0 Å². The molecule has 0 spiro atoms. The van der Waals surface area contributed by atoms with Crippen LogP contribution in [0.4, 0.5) is 23.2 Å². The number of benzene rings is 3. The second-order valence-electron chi connectivity index (χ2n) is 11.7. The number of sulfonamides is 1. The maximum atomic E-state index is 15.1. The predicted molar refractivity (Wildman–Crippen MR) is 170 cm³/mol. The summed E-state index contributed by atoms with van der Waals surface area (Å²) >= 11 is 0. The summed E-state index contributed by atoms with van der Waals surface area (Å²) in [4.78, 5) is 35.9. The fraction of sp³-hybridized carbons (Fsp3) is 0.265. The third-order valence-electron chi connectivity index (χ3n) is 8.46. The third kappa shape index (κ3) is 7.58. The van der Waals surface area contributed by atoms with Gasteiger partial charge in [0.1, 0.15) is 29.0 Å². The second-order valence-corrected chi connectivity index (χ2v) is 13.5. The molecule has 4 aromatic rings. The number of piperazine rings is 1. The van der Waals surface area contributed by atoms with Gasteiger partial charge in [-0.3, -0.25) is 14.6 Å². The van der Waals surface area contributed by atoms with E-state index in [2.05, 4.69) is 21.1 Å². The number of carbonyl (C=O) groups is 2. The monoisotopic (exact) mass is 697 g/mol. The average molecular weight is 698 g/mol. The van der Waals surface area contributed by atoms with Crippen LogP contribution < -0.4 is 21.0 Å². The van der Waals surface area contributed by atoms with Gasteiger partial charge in [-0.25, -0.2) is 30.3 Å². The van der Waals surface area contributed by atoms with Gasteiger partial charge in [0, 0.05) is 43.6 Å². The first-order chi connectivity index (χ1) is 23.5. The molecule has 2 atom stereocenters. The van der Waals surface area contributed by atoms with Crippen LogP contribution in [-0.2, 0) is 32.5 Å². The Morgan fingerprint density at radius 1 is 0.959 bits per heavy atom.